The van der Waals surface area contributed by atoms with Gasteiger partial charge in [-0.2, -0.15) is 5.10 Å². The summed E-state index contributed by atoms with van der Waals surface area (Å²) in [6, 6.07) is 21.5. The summed E-state index contributed by atoms with van der Waals surface area (Å²) in [5, 5.41) is 27.3. The van der Waals surface area contributed by atoms with Gasteiger partial charge in [-0.05, 0) is 36.4 Å². The number of primary sulfonamides is 1. The van der Waals surface area contributed by atoms with E-state index in [2.05, 4.69) is 20.8 Å². The lowest BCUT2D eigenvalue weighted by Crippen LogP contribution is -2.11. The second-order valence-electron chi connectivity index (χ2n) is 5.67. The Labute approximate surface area is 162 Å². The number of nitrogens with zero attached hydrogens (tertiary/aromatic N) is 3. The van der Waals surface area contributed by atoms with Crippen molar-refractivity contribution >= 4 is 27.2 Å². The average Bonchev–Trinajstić information content (AvgIpc) is 2.69. The summed E-state index contributed by atoms with van der Waals surface area (Å²) in [6.45, 7) is 0. The fourth-order valence-electron chi connectivity index (χ4n) is 2.22. The first kappa shape index (κ1) is 19.2. The van der Waals surface area contributed by atoms with Gasteiger partial charge in [0.15, 0.2) is 0 Å². The van der Waals surface area contributed by atoms with Crippen molar-refractivity contribution in [3.63, 3.8) is 0 Å². The number of phenolic OH excluding ortho intramolecular Hbond substituents is 1. The molecule has 0 saturated heterocycles. The second-order valence-corrected chi connectivity index (χ2v) is 7.23. The van der Waals surface area contributed by atoms with Crippen LogP contribution in [-0.4, -0.2) is 19.4 Å². The third-order valence-corrected chi connectivity index (χ3v) is 4.57. The fraction of sp³-hybridized carbons (Fsp3) is 0. The third-order valence-electron chi connectivity index (χ3n) is 3.64. The minimum absolute atomic E-state index is 0.00422. The van der Waals surface area contributed by atoms with Gasteiger partial charge in [0.1, 0.15) is 11.4 Å². The van der Waals surface area contributed by atoms with Crippen molar-refractivity contribution in [1.29, 1.82) is 0 Å². The summed E-state index contributed by atoms with van der Waals surface area (Å²) >= 11 is 0. The molecule has 0 bridgehead atoms. The number of azo groups is 1. The number of sulfonamides is 1. The van der Waals surface area contributed by atoms with Gasteiger partial charge >= 0.3 is 0 Å². The van der Waals surface area contributed by atoms with E-state index in [0.29, 0.717) is 16.9 Å². The summed E-state index contributed by atoms with van der Waals surface area (Å²) in [5.41, 5.74) is 4.36. The monoisotopic (exact) mass is 395 g/mol. The molecule has 9 heteroatoms. The SMILES string of the molecule is NS(=O)(=O)c1ccc(N/N=C(/N=Nc2ccccc2O)c2ccccc2)cc1. The van der Waals surface area contributed by atoms with Crippen molar-refractivity contribution in [2.75, 3.05) is 5.43 Å². The molecular formula is C19H17N5O3S. The lowest BCUT2D eigenvalue weighted by molar-refractivity contribution is 0.476. The molecule has 0 saturated carbocycles. The number of nitrogens with one attached hydrogen (secondary N) is 1. The van der Waals surface area contributed by atoms with Crippen molar-refractivity contribution in [1.82, 2.24) is 0 Å². The highest BCUT2D eigenvalue weighted by atomic mass is 32.2. The van der Waals surface area contributed by atoms with Crippen LogP contribution in [0.25, 0.3) is 0 Å². The van der Waals surface area contributed by atoms with Crippen LogP contribution in [-0.2, 0) is 10.0 Å². The molecule has 0 fully saturated rings. The molecule has 3 rings (SSSR count). The predicted molar refractivity (Wildman–Crippen MR) is 107 cm³/mol. The van der Waals surface area contributed by atoms with Gasteiger partial charge in [-0.25, -0.2) is 13.6 Å². The fourth-order valence-corrected chi connectivity index (χ4v) is 2.73. The minimum atomic E-state index is -3.76. The Bertz CT molecular complexity index is 1110. The Balaban J connectivity index is 1.88. The van der Waals surface area contributed by atoms with Crippen molar-refractivity contribution in [2.45, 2.75) is 4.90 Å². The normalized spacial score (nSPS) is 12.2. The van der Waals surface area contributed by atoms with E-state index in [4.69, 9.17) is 5.14 Å². The number of benzene rings is 3. The van der Waals surface area contributed by atoms with Crippen molar-refractivity contribution < 1.29 is 13.5 Å². The van der Waals surface area contributed by atoms with Crippen molar-refractivity contribution in [3.8, 4) is 5.75 Å². The molecule has 8 nitrogen and oxygen atoms in total. The van der Waals surface area contributed by atoms with Gasteiger partial charge in [0, 0.05) is 5.56 Å². The molecule has 0 amide bonds. The van der Waals surface area contributed by atoms with Crippen LogP contribution in [0.2, 0.25) is 0 Å². The zero-order valence-corrected chi connectivity index (χ0v) is 15.4. The number of para-hydroxylation sites is 1. The summed E-state index contributed by atoms with van der Waals surface area (Å²) in [7, 11) is -3.76. The van der Waals surface area contributed by atoms with Crippen LogP contribution in [0.1, 0.15) is 5.56 Å². The Morgan fingerprint density at radius 3 is 2.18 bits per heavy atom. The maximum Gasteiger partial charge on any atom is 0.238 e. The van der Waals surface area contributed by atoms with E-state index in [9.17, 15) is 13.5 Å². The molecule has 0 unspecified atom stereocenters. The molecule has 0 aromatic heterocycles. The van der Waals surface area contributed by atoms with E-state index in [1.807, 2.05) is 30.3 Å². The molecule has 3 aromatic carbocycles. The highest BCUT2D eigenvalue weighted by molar-refractivity contribution is 7.89. The van der Waals surface area contributed by atoms with Gasteiger partial charge in [0.2, 0.25) is 15.9 Å². The average molecular weight is 395 g/mol. The first-order chi connectivity index (χ1) is 13.4. The van der Waals surface area contributed by atoms with Gasteiger partial charge < -0.3 is 5.11 Å². The topological polar surface area (TPSA) is 130 Å². The van der Waals surface area contributed by atoms with Gasteiger partial charge in [-0.1, -0.05) is 42.5 Å². The zero-order valence-electron chi connectivity index (χ0n) is 14.6. The number of hydrogen-bond donors (Lipinski definition) is 3. The second kappa shape index (κ2) is 8.42. The van der Waals surface area contributed by atoms with Crippen LogP contribution in [0.4, 0.5) is 11.4 Å². The maximum absolute atomic E-state index is 11.3. The lowest BCUT2D eigenvalue weighted by atomic mass is 10.2. The number of aromatic hydroxyl groups is 1. The van der Waals surface area contributed by atoms with Crippen LogP contribution in [0, 0.1) is 0 Å². The molecule has 0 aliphatic heterocycles. The van der Waals surface area contributed by atoms with E-state index < -0.39 is 10.0 Å². The van der Waals surface area contributed by atoms with Crippen LogP contribution in [0.5, 0.6) is 5.75 Å². The van der Waals surface area contributed by atoms with Gasteiger partial charge in [0.25, 0.3) is 0 Å². The Morgan fingerprint density at radius 1 is 0.893 bits per heavy atom. The number of phenols is 1. The van der Waals surface area contributed by atoms with E-state index in [0.717, 1.165) is 0 Å². The third kappa shape index (κ3) is 5.00. The number of amidine groups is 1. The quantitative estimate of drug-likeness (QED) is 0.264. The number of hydrazone groups is 1. The number of rotatable bonds is 5. The number of anilines is 1. The summed E-state index contributed by atoms with van der Waals surface area (Å²) in [6.07, 6.45) is 0. The van der Waals surface area contributed by atoms with Gasteiger partial charge in [-0.15, -0.1) is 10.2 Å². The molecule has 4 N–H and O–H groups in total. The lowest BCUT2D eigenvalue weighted by Gasteiger charge is -2.04. The van der Waals surface area contributed by atoms with Crippen LogP contribution < -0.4 is 10.6 Å². The molecule has 0 aliphatic carbocycles. The molecule has 0 aliphatic rings. The Kier molecular flexibility index (Phi) is 5.78. The summed E-state index contributed by atoms with van der Waals surface area (Å²) in [5.74, 6) is 0.282. The van der Waals surface area contributed by atoms with E-state index in [-0.39, 0.29) is 16.5 Å². The highest BCUT2D eigenvalue weighted by Gasteiger charge is 2.07. The Morgan fingerprint density at radius 2 is 1.54 bits per heavy atom. The molecule has 28 heavy (non-hydrogen) atoms. The van der Waals surface area contributed by atoms with Crippen LogP contribution in [0.3, 0.4) is 0 Å². The molecule has 0 atom stereocenters. The maximum atomic E-state index is 11.3. The molecule has 0 spiro atoms. The van der Waals surface area contributed by atoms with E-state index in [1.165, 1.54) is 30.3 Å². The molecule has 0 heterocycles. The van der Waals surface area contributed by atoms with Crippen molar-refractivity contribution in [3.05, 3.63) is 84.4 Å². The number of nitrogens with two attached hydrogens (primary N) is 1. The largest absolute Gasteiger partial charge is 0.506 e. The highest BCUT2D eigenvalue weighted by Crippen LogP contribution is 2.25. The standard InChI is InChI=1S/C19H17N5O3S/c20-28(26,27)16-12-10-15(11-13-16)21-23-19(14-6-2-1-3-7-14)24-22-17-8-4-5-9-18(17)25/h1-13,21,25H,(H2,20,26,27)/b23-19+,24-22?. The van der Waals surface area contributed by atoms with Gasteiger partial charge in [-0.3, -0.25) is 5.43 Å². The van der Waals surface area contributed by atoms with Crippen molar-refractivity contribution in [2.24, 2.45) is 20.5 Å². The molecule has 3 aromatic rings. The van der Waals surface area contributed by atoms with E-state index >= 15 is 0 Å². The first-order valence-corrected chi connectivity index (χ1v) is 9.70. The van der Waals surface area contributed by atoms with Crippen LogP contribution >= 0.6 is 0 Å². The van der Waals surface area contributed by atoms with Gasteiger partial charge in [0.05, 0.1) is 10.6 Å². The molecule has 0 radical (unpaired) electrons. The Hall–Kier alpha value is -3.56. The predicted octanol–water partition coefficient (Wildman–Crippen LogP) is 3.60. The number of hydrogen-bond acceptors (Lipinski definition) is 6. The molecule has 142 valence electrons. The smallest absolute Gasteiger partial charge is 0.238 e. The molecular weight excluding hydrogens is 378 g/mol. The van der Waals surface area contributed by atoms with E-state index in [1.54, 1.807) is 18.2 Å². The summed E-state index contributed by atoms with van der Waals surface area (Å²) < 4.78 is 22.6. The minimum Gasteiger partial charge on any atom is -0.506 e. The first-order valence-electron chi connectivity index (χ1n) is 8.15. The zero-order chi connectivity index (χ0) is 20.0. The van der Waals surface area contributed by atoms with Crippen LogP contribution in [0.15, 0.2) is 99.1 Å². The summed E-state index contributed by atoms with van der Waals surface area (Å²) in [4.78, 5) is 0.00422.